The van der Waals surface area contributed by atoms with E-state index in [0.29, 0.717) is 26.1 Å². The molecule has 0 bridgehead atoms. The van der Waals surface area contributed by atoms with Crippen molar-refractivity contribution < 1.29 is 9.90 Å². The van der Waals surface area contributed by atoms with Crippen LogP contribution in [0.4, 0.5) is 4.79 Å². The van der Waals surface area contributed by atoms with Gasteiger partial charge in [-0.3, -0.25) is 0 Å². The SMILES string of the molecule is CCN(Cc1ccccc1)C(=O)NCC(C)(C)CC(C)O. The van der Waals surface area contributed by atoms with Crippen molar-refractivity contribution in [2.24, 2.45) is 5.41 Å². The quantitative estimate of drug-likeness (QED) is 0.811. The molecule has 0 saturated heterocycles. The largest absolute Gasteiger partial charge is 0.393 e. The first-order valence-corrected chi connectivity index (χ1v) is 7.59. The van der Waals surface area contributed by atoms with Crippen molar-refractivity contribution in [1.82, 2.24) is 10.2 Å². The molecule has 0 aliphatic heterocycles. The highest BCUT2D eigenvalue weighted by molar-refractivity contribution is 5.74. The summed E-state index contributed by atoms with van der Waals surface area (Å²) in [5, 5.41) is 12.5. The number of aliphatic hydroxyl groups excluding tert-OH is 1. The predicted molar refractivity (Wildman–Crippen MR) is 86.0 cm³/mol. The third-order valence-corrected chi connectivity index (χ3v) is 3.45. The summed E-state index contributed by atoms with van der Waals surface area (Å²) in [6.45, 7) is 9.68. The van der Waals surface area contributed by atoms with Crippen LogP contribution in [0.25, 0.3) is 0 Å². The Morgan fingerprint density at radius 1 is 1.33 bits per heavy atom. The summed E-state index contributed by atoms with van der Waals surface area (Å²) in [7, 11) is 0. The average molecular weight is 292 g/mol. The van der Waals surface area contributed by atoms with E-state index in [4.69, 9.17) is 0 Å². The van der Waals surface area contributed by atoms with Gasteiger partial charge in [0, 0.05) is 19.6 Å². The number of hydrogen-bond acceptors (Lipinski definition) is 2. The summed E-state index contributed by atoms with van der Waals surface area (Å²) >= 11 is 0. The molecule has 0 radical (unpaired) electrons. The average Bonchev–Trinajstić information content (AvgIpc) is 2.42. The number of hydrogen-bond donors (Lipinski definition) is 2. The van der Waals surface area contributed by atoms with Gasteiger partial charge < -0.3 is 15.3 Å². The molecule has 0 aliphatic carbocycles. The molecule has 2 N–H and O–H groups in total. The lowest BCUT2D eigenvalue weighted by molar-refractivity contribution is 0.126. The van der Waals surface area contributed by atoms with Crippen molar-refractivity contribution in [3.8, 4) is 0 Å². The van der Waals surface area contributed by atoms with E-state index in [0.717, 1.165) is 5.56 Å². The number of benzene rings is 1. The molecule has 0 aliphatic rings. The molecule has 0 saturated carbocycles. The van der Waals surface area contributed by atoms with Crippen molar-refractivity contribution in [3.05, 3.63) is 35.9 Å². The first-order valence-electron chi connectivity index (χ1n) is 7.59. The minimum atomic E-state index is -0.358. The molecule has 1 atom stereocenters. The molecule has 1 aromatic carbocycles. The van der Waals surface area contributed by atoms with E-state index >= 15 is 0 Å². The van der Waals surface area contributed by atoms with Gasteiger partial charge in [0.25, 0.3) is 0 Å². The van der Waals surface area contributed by atoms with Crippen molar-refractivity contribution in [2.45, 2.75) is 46.8 Å². The van der Waals surface area contributed by atoms with Gasteiger partial charge in [0.15, 0.2) is 0 Å². The maximum Gasteiger partial charge on any atom is 0.317 e. The minimum Gasteiger partial charge on any atom is -0.393 e. The van der Waals surface area contributed by atoms with Crippen LogP contribution in [0.3, 0.4) is 0 Å². The Hall–Kier alpha value is -1.55. The number of nitrogens with one attached hydrogen (secondary N) is 1. The van der Waals surface area contributed by atoms with Gasteiger partial charge in [-0.2, -0.15) is 0 Å². The van der Waals surface area contributed by atoms with Gasteiger partial charge in [0.2, 0.25) is 0 Å². The van der Waals surface area contributed by atoms with Gasteiger partial charge in [0.1, 0.15) is 0 Å². The number of carbonyl (C=O) groups is 1. The van der Waals surface area contributed by atoms with E-state index in [1.165, 1.54) is 0 Å². The Balaban J connectivity index is 2.52. The van der Waals surface area contributed by atoms with Gasteiger partial charge in [-0.25, -0.2) is 4.79 Å². The predicted octanol–water partition coefficient (Wildman–Crippen LogP) is 3.02. The molecule has 0 spiro atoms. The zero-order valence-electron chi connectivity index (χ0n) is 13.6. The molecule has 1 rings (SSSR count). The Labute approximate surface area is 128 Å². The van der Waals surface area contributed by atoms with Crippen LogP contribution in [0.1, 0.15) is 39.7 Å². The summed E-state index contributed by atoms with van der Waals surface area (Å²) in [5.74, 6) is 0. The van der Waals surface area contributed by atoms with Gasteiger partial charge in [-0.15, -0.1) is 0 Å². The Kier molecular flexibility index (Phi) is 6.69. The van der Waals surface area contributed by atoms with Crippen LogP contribution in [-0.4, -0.2) is 35.2 Å². The second-order valence-electron chi connectivity index (χ2n) is 6.38. The van der Waals surface area contributed by atoms with Crippen LogP contribution in [0.15, 0.2) is 30.3 Å². The molecule has 0 aromatic heterocycles. The lowest BCUT2D eigenvalue weighted by Crippen LogP contribution is -2.43. The number of carbonyl (C=O) groups excluding carboxylic acids is 1. The number of nitrogens with zero attached hydrogens (tertiary/aromatic N) is 1. The molecule has 2 amide bonds. The smallest absolute Gasteiger partial charge is 0.317 e. The van der Waals surface area contributed by atoms with Crippen molar-refractivity contribution in [2.75, 3.05) is 13.1 Å². The zero-order chi connectivity index (χ0) is 15.9. The normalized spacial score (nSPS) is 12.8. The Bertz CT molecular complexity index is 430. The fraction of sp³-hybridized carbons (Fsp3) is 0.588. The third-order valence-electron chi connectivity index (χ3n) is 3.45. The van der Waals surface area contributed by atoms with Gasteiger partial charge in [-0.1, -0.05) is 44.2 Å². The summed E-state index contributed by atoms with van der Waals surface area (Å²) in [4.78, 5) is 14.0. The summed E-state index contributed by atoms with van der Waals surface area (Å²) in [6.07, 6.45) is 0.307. The monoisotopic (exact) mass is 292 g/mol. The molecule has 21 heavy (non-hydrogen) atoms. The molecule has 118 valence electrons. The van der Waals surface area contributed by atoms with Crippen LogP contribution in [0.2, 0.25) is 0 Å². The molecule has 4 heteroatoms. The first kappa shape index (κ1) is 17.5. The fourth-order valence-corrected chi connectivity index (χ4v) is 2.43. The van der Waals surface area contributed by atoms with Gasteiger partial charge in [-0.05, 0) is 31.2 Å². The highest BCUT2D eigenvalue weighted by atomic mass is 16.3. The van der Waals surface area contributed by atoms with Crippen LogP contribution in [-0.2, 0) is 6.54 Å². The van der Waals surface area contributed by atoms with Crippen LogP contribution < -0.4 is 5.32 Å². The third kappa shape index (κ3) is 6.63. The Morgan fingerprint density at radius 3 is 2.48 bits per heavy atom. The number of aliphatic hydroxyl groups is 1. The minimum absolute atomic E-state index is 0.0555. The maximum absolute atomic E-state index is 12.3. The van der Waals surface area contributed by atoms with E-state index in [1.807, 2.05) is 51.1 Å². The highest BCUT2D eigenvalue weighted by Crippen LogP contribution is 2.21. The van der Waals surface area contributed by atoms with E-state index in [-0.39, 0.29) is 17.6 Å². The van der Waals surface area contributed by atoms with Crippen LogP contribution >= 0.6 is 0 Å². The van der Waals surface area contributed by atoms with Crippen molar-refractivity contribution in [1.29, 1.82) is 0 Å². The standard InChI is InChI=1S/C17H28N2O2/c1-5-19(12-15-9-7-6-8-10-15)16(21)18-13-17(3,4)11-14(2)20/h6-10,14,20H,5,11-13H2,1-4H3,(H,18,21). The Morgan fingerprint density at radius 2 is 1.95 bits per heavy atom. The topological polar surface area (TPSA) is 52.6 Å². The zero-order valence-corrected chi connectivity index (χ0v) is 13.6. The molecular formula is C17H28N2O2. The van der Waals surface area contributed by atoms with Gasteiger partial charge >= 0.3 is 6.03 Å². The lowest BCUT2D eigenvalue weighted by atomic mass is 9.87. The van der Waals surface area contributed by atoms with E-state index < -0.39 is 0 Å². The summed E-state index contributed by atoms with van der Waals surface area (Å²) < 4.78 is 0. The second kappa shape index (κ2) is 8.03. The summed E-state index contributed by atoms with van der Waals surface area (Å²) in [6, 6.07) is 9.92. The fourth-order valence-electron chi connectivity index (χ4n) is 2.43. The molecular weight excluding hydrogens is 264 g/mol. The molecule has 4 nitrogen and oxygen atoms in total. The molecule has 0 heterocycles. The van der Waals surface area contributed by atoms with Gasteiger partial charge in [0.05, 0.1) is 6.10 Å². The second-order valence-corrected chi connectivity index (χ2v) is 6.38. The van der Waals surface area contributed by atoms with E-state index in [1.54, 1.807) is 11.8 Å². The van der Waals surface area contributed by atoms with Crippen molar-refractivity contribution in [3.63, 3.8) is 0 Å². The van der Waals surface area contributed by atoms with E-state index in [2.05, 4.69) is 5.32 Å². The maximum atomic E-state index is 12.3. The van der Waals surface area contributed by atoms with Crippen molar-refractivity contribution >= 4 is 6.03 Å². The lowest BCUT2D eigenvalue weighted by Gasteiger charge is -2.28. The summed E-state index contributed by atoms with van der Waals surface area (Å²) in [5.41, 5.74) is 1.01. The highest BCUT2D eigenvalue weighted by Gasteiger charge is 2.22. The number of amides is 2. The number of urea groups is 1. The van der Waals surface area contributed by atoms with Crippen LogP contribution in [0, 0.1) is 5.41 Å². The molecule has 1 aromatic rings. The first-order chi connectivity index (χ1) is 9.84. The number of rotatable bonds is 7. The molecule has 1 unspecified atom stereocenters. The van der Waals surface area contributed by atoms with E-state index in [9.17, 15) is 9.90 Å². The van der Waals surface area contributed by atoms with Crippen LogP contribution in [0.5, 0.6) is 0 Å². The molecule has 0 fully saturated rings.